The third-order valence-electron chi connectivity index (χ3n) is 3.73. The lowest BCUT2D eigenvalue weighted by molar-refractivity contribution is 0.0298. The smallest absolute Gasteiger partial charge is 0.274 e. The molecule has 1 fully saturated rings. The summed E-state index contributed by atoms with van der Waals surface area (Å²) >= 11 is 0. The molecule has 1 N–H and O–H groups in total. The number of ketones is 1. The third kappa shape index (κ3) is 3.75. The maximum Gasteiger partial charge on any atom is 0.274 e. The van der Waals surface area contributed by atoms with Gasteiger partial charge in [0.05, 0.1) is 25.6 Å². The summed E-state index contributed by atoms with van der Waals surface area (Å²) in [5.41, 5.74) is 1.76. The van der Waals surface area contributed by atoms with Gasteiger partial charge in [-0.15, -0.1) is 0 Å². The van der Waals surface area contributed by atoms with E-state index in [9.17, 15) is 9.59 Å². The van der Waals surface area contributed by atoms with E-state index >= 15 is 0 Å². The van der Waals surface area contributed by atoms with E-state index < -0.39 is 0 Å². The number of hydrogen-bond acceptors (Lipinski definition) is 6. The summed E-state index contributed by atoms with van der Waals surface area (Å²) in [6.07, 6.45) is 2.98. The van der Waals surface area contributed by atoms with Crippen molar-refractivity contribution in [1.82, 2.24) is 14.9 Å². The Morgan fingerprint density at radius 1 is 1.08 bits per heavy atom. The minimum absolute atomic E-state index is 0.0207. The van der Waals surface area contributed by atoms with Crippen molar-refractivity contribution >= 4 is 23.2 Å². The second kappa shape index (κ2) is 7.18. The average Bonchev–Trinajstić information content (AvgIpc) is 2.63. The molecule has 7 heteroatoms. The molecule has 7 nitrogen and oxygen atoms in total. The summed E-state index contributed by atoms with van der Waals surface area (Å²) in [5.74, 6) is 0.416. The first-order valence-electron chi connectivity index (χ1n) is 7.70. The summed E-state index contributed by atoms with van der Waals surface area (Å²) in [5, 5.41) is 3.09. The quantitative estimate of drug-likeness (QED) is 0.864. The molecule has 0 aliphatic carbocycles. The minimum atomic E-state index is -0.136. The van der Waals surface area contributed by atoms with Crippen molar-refractivity contribution in [3.05, 3.63) is 47.9 Å². The molecule has 3 rings (SSSR count). The Labute approximate surface area is 139 Å². The number of nitrogens with zero attached hydrogens (tertiary/aromatic N) is 3. The van der Waals surface area contributed by atoms with Crippen LogP contribution in [-0.2, 0) is 4.74 Å². The van der Waals surface area contributed by atoms with Crippen molar-refractivity contribution in [2.75, 3.05) is 31.6 Å². The van der Waals surface area contributed by atoms with E-state index in [0.717, 1.165) is 5.69 Å². The van der Waals surface area contributed by atoms with E-state index in [1.54, 1.807) is 29.2 Å². The number of benzene rings is 1. The average molecular weight is 326 g/mol. The number of morpholine rings is 1. The van der Waals surface area contributed by atoms with Gasteiger partial charge in [0, 0.05) is 24.3 Å². The number of Topliss-reactive ketones (excluding diaryl/α,β-unsaturated/α-hetero) is 1. The van der Waals surface area contributed by atoms with Gasteiger partial charge < -0.3 is 15.0 Å². The van der Waals surface area contributed by atoms with Crippen molar-refractivity contribution < 1.29 is 14.3 Å². The fraction of sp³-hybridized carbons (Fsp3) is 0.294. The molecule has 0 spiro atoms. The first-order valence-corrected chi connectivity index (χ1v) is 7.70. The molecule has 1 saturated heterocycles. The second-order valence-corrected chi connectivity index (χ2v) is 5.45. The van der Waals surface area contributed by atoms with E-state index in [1.807, 2.05) is 0 Å². The van der Waals surface area contributed by atoms with E-state index in [0.29, 0.717) is 43.4 Å². The number of anilines is 2. The maximum atomic E-state index is 12.3. The molecule has 124 valence electrons. The molecule has 0 bridgehead atoms. The minimum Gasteiger partial charge on any atom is -0.378 e. The molecule has 1 aromatic heterocycles. The molecule has 1 aromatic carbocycles. The molecule has 1 amide bonds. The standard InChI is InChI=1S/C17H18N4O3/c1-12(22)13-2-4-14(5-3-13)20-16-11-18-15(10-19-16)17(23)21-6-8-24-9-7-21/h2-5,10-11H,6-9H2,1H3,(H,19,20). The summed E-state index contributed by atoms with van der Waals surface area (Å²) < 4.78 is 5.23. The van der Waals surface area contributed by atoms with Crippen molar-refractivity contribution in [3.8, 4) is 0 Å². The highest BCUT2D eigenvalue weighted by atomic mass is 16.5. The van der Waals surface area contributed by atoms with Crippen LogP contribution in [0.4, 0.5) is 11.5 Å². The molecular weight excluding hydrogens is 308 g/mol. The maximum absolute atomic E-state index is 12.3. The molecule has 0 unspecified atom stereocenters. The van der Waals surface area contributed by atoms with Crippen LogP contribution in [0.3, 0.4) is 0 Å². The van der Waals surface area contributed by atoms with Crippen molar-refractivity contribution in [1.29, 1.82) is 0 Å². The number of aromatic nitrogens is 2. The lowest BCUT2D eigenvalue weighted by Crippen LogP contribution is -2.41. The van der Waals surface area contributed by atoms with Gasteiger partial charge in [-0.05, 0) is 31.2 Å². The van der Waals surface area contributed by atoms with Crippen LogP contribution in [0.1, 0.15) is 27.8 Å². The number of carbonyl (C=O) groups is 2. The van der Waals surface area contributed by atoms with Crippen LogP contribution in [-0.4, -0.2) is 52.9 Å². The molecule has 0 saturated carbocycles. The van der Waals surface area contributed by atoms with E-state index in [2.05, 4.69) is 15.3 Å². The molecule has 0 radical (unpaired) electrons. The first kappa shape index (κ1) is 16.1. The highest BCUT2D eigenvalue weighted by molar-refractivity contribution is 5.94. The Bertz CT molecular complexity index is 723. The Hall–Kier alpha value is -2.80. The molecule has 2 aromatic rings. The van der Waals surface area contributed by atoms with Crippen molar-refractivity contribution in [2.24, 2.45) is 0 Å². The number of carbonyl (C=O) groups excluding carboxylic acids is 2. The lowest BCUT2D eigenvalue weighted by atomic mass is 10.1. The zero-order valence-electron chi connectivity index (χ0n) is 13.4. The van der Waals surface area contributed by atoms with E-state index in [1.165, 1.54) is 19.3 Å². The lowest BCUT2D eigenvalue weighted by Gasteiger charge is -2.26. The number of rotatable bonds is 4. The SMILES string of the molecule is CC(=O)c1ccc(Nc2cnc(C(=O)N3CCOCC3)cn2)cc1. The van der Waals surface area contributed by atoms with Crippen LogP contribution in [0.5, 0.6) is 0 Å². The zero-order chi connectivity index (χ0) is 16.9. The fourth-order valence-electron chi connectivity index (χ4n) is 2.37. The monoisotopic (exact) mass is 326 g/mol. The summed E-state index contributed by atoms with van der Waals surface area (Å²) in [6, 6.07) is 7.08. The van der Waals surface area contributed by atoms with Crippen LogP contribution < -0.4 is 5.32 Å². The van der Waals surface area contributed by atoms with Gasteiger partial charge in [-0.25, -0.2) is 9.97 Å². The number of hydrogen-bond donors (Lipinski definition) is 1. The predicted molar refractivity (Wildman–Crippen MR) is 88.5 cm³/mol. The van der Waals surface area contributed by atoms with Crippen molar-refractivity contribution in [2.45, 2.75) is 6.92 Å². The topological polar surface area (TPSA) is 84.4 Å². The highest BCUT2D eigenvalue weighted by Crippen LogP contribution is 2.15. The summed E-state index contributed by atoms with van der Waals surface area (Å²) in [4.78, 5) is 33.7. The summed E-state index contributed by atoms with van der Waals surface area (Å²) in [6.45, 7) is 3.77. The molecule has 24 heavy (non-hydrogen) atoms. The zero-order valence-corrected chi connectivity index (χ0v) is 13.4. The molecule has 2 heterocycles. The van der Waals surface area contributed by atoms with Crippen molar-refractivity contribution in [3.63, 3.8) is 0 Å². The highest BCUT2D eigenvalue weighted by Gasteiger charge is 2.19. The molecular formula is C17H18N4O3. The van der Waals surface area contributed by atoms with Crippen LogP contribution >= 0.6 is 0 Å². The number of amides is 1. The number of nitrogens with one attached hydrogen (secondary N) is 1. The second-order valence-electron chi connectivity index (χ2n) is 5.45. The van der Waals surface area contributed by atoms with Gasteiger partial charge >= 0.3 is 0 Å². The van der Waals surface area contributed by atoms with Gasteiger partial charge in [0.1, 0.15) is 11.5 Å². The van der Waals surface area contributed by atoms with Gasteiger partial charge in [0.25, 0.3) is 5.91 Å². The van der Waals surface area contributed by atoms with E-state index in [4.69, 9.17) is 4.74 Å². The van der Waals surface area contributed by atoms with Gasteiger partial charge in [-0.2, -0.15) is 0 Å². The van der Waals surface area contributed by atoms with Gasteiger partial charge in [-0.3, -0.25) is 9.59 Å². The Balaban J connectivity index is 1.65. The van der Waals surface area contributed by atoms with Crippen LogP contribution in [0.25, 0.3) is 0 Å². The van der Waals surface area contributed by atoms with Gasteiger partial charge in [-0.1, -0.05) is 0 Å². The Morgan fingerprint density at radius 2 is 1.79 bits per heavy atom. The summed E-state index contributed by atoms with van der Waals surface area (Å²) in [7, 11) is 0. The van der Waals surface area contributed by atoms with Crippen LogP contribution in [0.2, 0.25) is 0 Å². The third-order valence-corrected chi connectivity index (χ3v) is 3.73. The van der Waals surface area contributed by atoms with E-state index in [-0.39, 0.29) is 11.7 Å². The van der Waals surface area contributed by atoms with Crippen LogP contribution in [0.15, 0.2) is 36.7 Å². The molecule has 1 aliphatic rings. The van der Waals surface area contributed by atoms with Gasteiger partial charge in [0.2, 0.25) is 0 Å². The first-order chi connectivity index (χ1) is 11.6. The fourth-order valence-corrected chi connectivity index (χ4v) is 2.37. The van der Waals surface area contributed by atoms with Gasteiger partial charge in [0.15, 0.2) is 5.78 Å². The largest absolute Gasteiger partial charge is 0.378 e. The normalized spacial score (nSPS) is 14.3. The Morgan fingerprint density at radius 3 is 2.38 bits per heavy atom. The molecule has 0 atom stereocenters. The molecule has 1 aliphatic heterocycles. The predicted octanol–water partition coefficient (Wildman–Crippen LogP) is 1.90. The number of ether oxygens (including phenoxy) is 1. The van der Waals surface area contributed by atoms with Crippen LogP contribution in [0, 0.1) is 0 Å². The Kier molecular flexibility index (Phi) is 4.81.